The average molecular weight is 805 g/mol. The normalized spacial score (nSPS) is 15.0. The summed E-state index contributed by atoms with van der Waals surface area (Å²) in [5, 5.41) is 5.77. The van der Waals surface area contributed by atoms with E-state index in [1.165, 1.54) is 7.11 Å². The van der Waals surface area contributed by atoms with Crippen molar-refractivity contribution in [3.8, 4) is 11.5 Å². The lowest BCUT2D eigenvalue weighted by molar-refractivity contribution is -0.126. The third-order valence-corrected chi connectivity index (χ3v) is 12.7. The third kappa shape index (κ3) is 11.8. The number of carbonyl (C=O) groups is 4. The number of Topliss-reactive ketones (excluding diaryl/α,β-unsaturated/α-hetero) is 1. The number of hydrogen-bond acceptors (Lipinski definition) is 11. The molecule has 5 rings (SSSR count). The van der Waals surface area contributed by atoms with Gasteiger partial charge in [0.15, 0.2) is 11.5 Å². The monoisotopic (exact) mass is 804 g/mol. The van der Waals surface area contributed by atoms with Gasteiger partial charge in [0, 0.05) is 60.5 Å². The Labute approximate surface area is 337 Å². The van der Waals surface area contributed by atoms with Gasteiger partial charge in [-0.3, -0.25) is 24.3 Å². The van der Waals surface area contributed by atoms with Crippen LogP contribution in [-0.2, 0) is 43.5 Å². The second kappa shape index (κ2) is 20.2. The standard InChI is InChI=1S/C42H52N4O8S2/c1-27(47)10-9-17-55-56-42(3,4)14-13-39(48)44-28(2)40(49)45-32-19-29(25-53-16-15-51-5)18-30(20-32)26-54-38-23-35-34(22-37(38)52-6)41(50)46-33(24-43-35)21-31-11-7-8-12-36(31)46/h7-8,11-12,18-20,22-24,28,33H,9-10,13-17,21,25-26H2,1-6H3,(H,44,48)(H,45,49)/t28?,33-/m0/s1. The lowest BCUT2D eigenvalue weighted by Crippen LogP contribution is -2.42. The summed E-state index contributed by atoms with van der Waals surface area (Å²) in [6, 6.07) is 15.9. The summed E-state index contributed by atoms with van der Waals surface area (Å²) >= 11 is 0. The molecule has 0 aromatic heterocycles. The Morgan fingerprint density at radius 1 is 1.00 bits per heavy atom. The highest BCUT2D eigenvalue weighted by atomic mass is 33.1. The highest BCUT2D eigenvalue weighted by molar-refractivity contribution is 8.77. The molecule has 2 aliphatic rings. The quantitative estimate of drug-likeness (QED) is 0.0822. The molecule has 12 nitrogen and oxygen atoms in total. The fraction of sp³-hybridized carbons (Fsp3) is 0.452. The molecular weight excluding hydrogens is 753 g/mol. The number of methoxy groups -OCH3 is 2. The van der Waals surface area contributed by atoms with E-state index >= 15 is 0 Å². The fourth-order valence-electron chi connectivity index (χ4n) is 6.35. The molecule has 2 N–H and O–H groups in total. The number of nitrogens with zero attached hydrogens (tertiary/aromatic N) is 2. The van der Waals surface area contributed by atoms with Crippen LogP contribution in [0.2, 0.25) is 0 Å². The topological polar surface area (TPSA) is 145 Å². The van der Waals surface area contributed by atoms with Gasteiger partial charge in [0.25, 0.3) is 5.91 Å². The number of fused-ring (bicyclic) bond motifs is 4. The molecule has 0 radical (unpaired) electrons. The summed E-state index contributed by atoms with van der Waals surface area (Å²) in [5.41, 5.74) is 4.97. The summed E-state index contributed by atoms with van der Waals surface area (Å²) in [6.07, 6.45) is 4.84. The first-order chi connectivity index (χ1) is 26.9. The molecule has 3 aromatic carbocycles. The summed E-state index contributed by atoms with van der Waals surface area (Å²) in [6.45, 7) is 8.65. The zero-order valence-corrected chi connectivity index (χ0v) is 34.6. The maximum Gasteiger partial charge on any atom is 0.261 e. The van der Waals surface area contributed by atoms with Crippen LogP contribution in [0.15, 0.2) is 59.6 Å². The van der Waals surface area contributed by atoms with Crippen molar-refractivity contribution in [2.45, 2.75) is 89.8 Å². The molecule has 2 aliphatic heterocycles. The predicted octanol–water partition coefficient (Wildman–Crippen LogP) is 7.48. The van der Waals surface area contributed by atoms with Crippen LogP contribution in [0.1, 0.15) is 80.4 Å². The van der Waals surface area contributed by atoms with Gasteiger partial charge in [-0.15, -0.1) is 0 Å². The van der Waals surface area contributed by atoms with Crippen molar-refractivity contribution in [1.82, 2.24) is 5.32 Å². The Bertz CT molecular complexity index is 1920. The molecular formula is C42H52N4O8S2. The molecule has 1 unspecified atom stereocenters. The molecule has 0 spiro atoms. The number of ketones is 1. The SMILES string of the molecule is COCCOCc1cc(COc2cc3c(cc2OC)C(=O)N2c4ccccc4C[C@H]2C=N3)cc(NC(=O)C(C)NC(=O)CCC(C)(C)SSCCCC(C)=O)c1. The van der Waals surface area contributed by atoms with E-state index in [1.807, 2.05) is 48.7 Å². The van der Waals surface area contributed by atoms with Crippen molar-refractivity contribution in [3.05, 3.63) is 76.9 Å². The number of amides is 3. The smallest absolute Gasteiger partial charge is 0.261 e. The summed E-state index contributed by atoms with van der Waals surface area (Å²) < 4.78 is 22.7. The lowest BCUT2D eigenvalue weighted by Gasteiger charge is -2.23. The predicted molar refractivity (Wildman–Crippen MR) is 224 cm³/mol. The molecule has 300 valence electrons. The van der Waals surface area contributed by atoms with E-state index in [0.29, 0.717) is 60.9 Å². The first kappa shape index (κ1) is 42.8. The van der Waals surface area contributed by atoms with Crippen LogP contribution in [0, 0.1) is 0 Å². The number of nitrogens with one attached hydrogen (secondary N) is 2. The number of aliphatic imine (C=N–C) groups is 1. The minimum absolute atomic E-state index is 0.110. The first-order valence-electron chi connectivity index (χ1n) is 18.8. The van der Waals surface area contributed by atoms with Gasteiger partial charge >= 0.3 is 0 Å². The fourth-order valence-corrected chi connectivity index (χ4v) is 9.01. The van der Waals surface area contributed by atoms with E-state index in [9.17, 15) is 19.2 Å². The first-order valence-corrected chi connectivity index (χ1v) is 21.1. The molecule has 0 saturated heterocycles. The Morgan fingerprint density at radius 2 is 1.77 bits per heavy atom. The molecule has 14 heteroatoms. The van der Waals surface area contributed by atoms with Gasteiger partial charge in [-0.1, -0.05) is 39.8 Å². The highest BCUT2D eigenvalue weighted by Gasteiger charge is 2.36. The second-order valence-corrected chi connectivity index (χ2v) is 17.6. The molecule has 0 fully saturated rings. The molecule has 0 aliphatic carbocycles. The van der Waals surface area contributed by atoms with Crippen molar-refractivity contribution in [1.29, 1.82) is 0 Å². The number of hydrogen-bond donors (Lipinski definition) is 2. The average Bonchev–Trinajstić information content (AvgIpc) is 3.48. The maximum absolute atomic E-state index is 13.8. The van der Waals surface area contributed by atoms with Crippen LogP contribution >= 0.6 is 21.6 Å². The summed E-state index contributed by atoms with van der Waals surface area (Å²) in [5.74, 6) is 1.15. The van der Waals surface area contributed by atoms with E-state index in [0.717, 1.165) is 34.6 Å². The van der Waals surface area contributed by atoms with Crippen LogP contribution in [-0.4, -0.2) is 79.7 Å². The zero-order chi connectivity index (χ0) is 40.2. The Kier molecular flexibility index (Phi) is 15.4. The molecule has 2 atom stereocenters. The molecule has 3 aromatic rings. The van der Waals surface area contributed by atoms with Crippen LogP contribution < -0.4 is 25.0 Å². The van der Waals surface area contributed by atoms with Crippen molar-refractivity contribution in [3.63, 3.8) is 0 Å². The second-order valence-electron chi connectivity index (χ2n) is 14.5. The van der Waals surface area contributed by atoms with Gasteiger partial charge in [0.2, 0.25) is 11.8 Å². The number of anilines is 2. The third-order valence-electron chi connectivity index (χ3n) is 9.31. The minimum Gasteiger partial charge on any atom is -0.493 e. The van der Waals surface area contributed by atoms with E-state index in [-0.39, 0.29) is 53.9 Å². The van der Waals surface area contributed by atoms with E-state index in [2.05, 4.69) is 24.5 Å². The van der Waals surface area contributed by atoms with Gasteiger partial charge < -0.3 is 34.4 Å². The molecule has 56 heavy (non-hydrogen) atoms. The van der Waals surface area contributed by atoms with Crippen LogP contribution in [0.4, 0.5) is 17.1 Å². The summed E-state index contributed by atoms with van der Waals surface area (Å²) in [7, 11) is 6.56. The van der Waals surface area contributed by atoms with E-state index < -0.39 is 6.04 Å². The van der Waals surface area contributed by atoms with Crippen molar-refractivity contribution >= 4 is 68.4 Å². The number of benzene rings is 3. The van der Waals surface area contributed by atoms with E-state index in [1.54, 1.807) is 59.6 Å². The van der Waals surface area contributed by atoms with Gasteiger partial charge in [-0.05, 0) is 87.6 Å². The van der Waals surface area contributed by atoms with Crippen molar-refractivity contribution < 1.29 is 38.1 Å². The van der Waals surface area contributed by atoms with Crippen LogP contribution in [0.3, 0.4) is 0 Å². The number of ether oxygens (including phenoxy) is 4. The maximum atomic E-state index is 13.8. The zero-order valence-electron chi connectivity index (χ0n) is 33.0. The Balaban J connectivity index is 1.23. The Morgan fingerprint density at radius 3 is 2.52 bits per heavy atom. The number of para-hydroxylation sites is 1. The molecule has 2 heterocycles. The number of carbonyl (C=O) groups excluding carboxylic acids is 4. The van der Waals surface area contributed by atoms with Crippen molar-refractivity contribution in [2.75, 3.05) is 43.4 Å². The largest absolute Gasteiger partial charge is 0.493 e. The summed E-state index contributed by atoms with van der Waals surface area (Å²) in [4.78, 5) is 57.7. The van der Waals surface area contributed by atoms with Gasteiger partial charge in [0.1, 0.15) is 18.4 Å². The lowest BCUT2D eigenvalue weighted by atomic mass is 10.1. The van der Waals surface area contributed by atoms with Crippen LogP contribution in [0.5, 0.6) is 11.5 Å². The number of rotatable bonds is 21. The van der Waals surface area contributed by atoms with Gasteiger partial charge in [-0.2, -0.15) is 0 Å². The van der Waals surface area contributed by atoms with E-state index in [4.69, 9.17) is 23.9 Å². The molecule has 0 saturated carbocycles. The minimum atomic E-state index is -0.781. The van der Waals surface area contributed by atoms with Crippen molar-refractivity contribution in [2.24, 2.45) is 4.99 Å². The molecule has 3 amide bonds. The van der Waals surface area contributed by atoms with Gasteiger partial charge in [-0.25, -0.2) is 0 Å². The highest BCUT2D eigenvalue weighted by Crippen LogP contribution is 2.41. The Hall–Kier alpha value is -4.37. The van der Waals surface area contributed by atoms with Gasteiger partial charge in [0.05, 0.1) is 44.2 Å². The van der Waals surface area contributed by atoms with Crippen LogP contribution in [0.25, 0.3) is 0 Å². The molecule has 0 bridgehead atoms.